The monoisotopic (exact) mass is 380 g/mol. The number of carbonyl (C=O) groups excluding carboxylic acids is 1. The molecule has 28 heavy (non-hydrogen) atoms. The van der Waals surface area contributed by atoms with Gasteiger partial charge in [0.15, 0.2) is 0 Å². The summed E-state index contributed by atoms with van der Waals surface area (Å²) in [6, 6.07) is 14.3. The summed E-state index contributed by atoms with van der Waals surface area (Å²) in [5.74, 6) is 0.196. The Bertz CT molecular complexity index is 878. The topological polar surface area (TPSA) is 96.3 Å². The average molecular weight is 380 g/mol. The van der Waals surface area contributed by atoms with Gasteiger partial charge in [-0.15, -0.1) is 0 Å². The van der Waals surface area contributed by atoms with Crippen LogP contribution in [0, 0.1) is 0 Å². The fourth-order valence-electron chi connectivity index (χ4n) is 3.41. The first kappa shape index (κ1) is 19.9. The number of nitrogens with zero attached hydrogens (tertiary/aromatic N) is 3. The van der Waals surface area contributed by atoms with Crippen LogP contribution in [0.3, 0.4) is 0 Å². The molecule has 1 atom stereocenters. The van der Waals surface area contributed by atoms with Crippen molar-refractivity contribution in [2.75, 3.05) is 39.5 Å². The van der Waals surface area contributed by atoms with Crippen LogP contribution in [-0.4, -0.2) is 45.4 Å². The van der Waals surface area contributed by atoms with Gasteiger partial charge in [-0.1, -0.05) is 42.4 Å². The van der Waals surface area contributed by atoms with Gasteiger partial charge in [-0.2, -0.15) is 0 Å². The molecule has 0 fully saturated rings. The maximum absolute atomic E-state index is 12.4. The van der Waals surface area contributed by atoms with E-state index in [0.29, 0.717) is 51.0 Å². The van der Waals surface area contributed by atoms with Crippen molar-refractivity contribution >= 4 is 5.91 Å². The highest BCUT2D eigenvalue weighted by atomic mass is 16.5. The van der Waals surface area contributed by atoms with E-state index in [1.54, 1.807) is 0 Å². The Morgan fingerprint density at radius 3 is 2.64 bits per heavy atom. The summed E-state index contributed by atoms with van der Waals surface area (Å²) in [5.41, 5.74) is 13.8. The number of benzene rings is 2. The first-order valence-electron chi connectivity index (χ1n) is 9.40. The highest BCUT2D eigenvalue weighted by molar-refractivity contribution is 5.96. The molecule has 0 aromatic heterocycles. The lowest BCUT2D eigenvalue weighted by Crippen LogP contribution is -2.27. The minimum Gasteiger partial charge on any atom is -0.379 e. The van der Waals surface area contributed by atoms with E-state index in [2.05, 4.69) is 40.5 Å². The molecule has 0 spiro atoms. The van der Waals surface area contributed by atoms with Gasteiger partial charge in [0.25, 0.3) is 5.91 Å². The second-order valence-corrected chi connectivity index (χ2v) is 6.55. The molecule has 0 radical (unpaired) electrons. The van der Waals surface area contributed by atoms with Crippen molar-refractivity contribution in [1.82, 2.24) is 5.32 Å². The lowest BCUT2D eigenvalue weighted by atomic mass is 9.97. The lowest BCUT2D eigenvalue weighted by molar-refractivity contribution is 0.0511. The van der Waals surface area contributed by atoms with E-state index in [-0.39, 0.29) is 5.91 Å². The molecule has 7 nitrogen and oxygen atoms in total. The number of amides is 1. The molecule has 1 unspecified atom stereocenters. The van der Waals surface area contributed by atoms with E-state index in [1.165, 1.54) is 22.3 Å². The summed E-state index contributed by atoms with van der Waals surface area (Å²) in [6.07, 6.45) is 0. The summed E-state index contributed by atoms with van der Waals surface area (Å²) in [7, 11) is 0. The van der Waals surface area contributed by atoms with Crippen molar-refractivity contribution in [3.63, 3.8) is 0 Å². The van der Waals surface area contributed by atoms with Crippen molar-refractivity contribution in [3.05, 3.63) is 69.6 Å². The van der Waals surface area contributed by atoms with Crippen molar-refractivity contribution in [1.29, 1.82) is 0 Å². The van der Waals surface area contributed by atoms with E-state index in [0.717, 1.165) is 0 Å². The lowest BCUT2D eigenvalue weighted by Gasteiger charge is -2.10. The van der Waals surface area contributed by atoms with Crippen LogP contribution in [0.4, 0.5) is 0 Å². The maximum atomic E-state index is 12.4. The molecule has 1 aliphatic rings. The molecule has 7 heteroatoms. The first-order chi connectivity index (χ1) is 13.7. The number of hydrogen-bond donors (Lipinski definition) is 1. The summed E-state index contributed by atoms with van der Waals surface area (Å²) >= 11 is 0. The van der Waals surface area contributed by atoms with Gasteiger partial charge in [0.1, 0.15) is 0 Å². The SMILES string of the molecule is CC1c2ccccc2-c2ccc(C(=O)NCCOCCOCCN=[N+]=[N-])cc21. The fourth-order valence-corrected chi connectivity index (χ4v) is 3.41. The molecule has 2 aromatic rings. The maximum Gasteiger partial charge on any atom is 0.251 e. The van der Waals surface area contributed by atoms with E-state index in [4.69, 9.17) is 15.0 Å². The number of nitrogens with one attached hydrogen (secondary N) is 1. The van der Waals surface area contributed by atoms with Gasteiger partial charge in [-0.05, 0) is 39.9 Å². The van der Waals surface area contributed by atoms with Crippen LogP contribution in [0.2, 0.25) is 0 Å². The van der Waals surface area contributed by atoms with Crippen molar-refractivity contribution in [3.8, 4) is 11.1 Å². The number of carbonyl (C=O) groups is 1. The molecule has 2 aromatic carbocycles. The zero-order valence-corrected chi connectivity index (χ0v) is 15.9. The van der Waals surface area contributed by atoms with Crippen LogP contribution in [-0.2, 0) is 9.47 Å². The number of azide groups is 1. The predicted octanol–water partition coefficient (Wildman–Crippen LogP) is 3.89. The van der Waals surface area contributed by atoms with Crippen LogP contribution < -0.4 is 5.32 Å². The standard InChI is InChI=1S/C21H24N4O3/c1-15-17-4-2-3-5-18(17)19-7-6-16(14-20(15)19)21(26)23-8-10-27-12-13-28-11-9-24-25-22/h2-7,14-15H,8-13H2,1H3,(H,23,26). The van der Waals surface area contributed by atoms with Gasteiger partial charge < -0.3 is 14.8 Å². The van der Waals surface area contributed by atoms with Crippen LogP contribution >= 0.6 is 0 Å². The summed E-state index contributed by atoms with van der Waals surface area (Å²) in [5, 5.41) is 6.26. The van der Waals surface area contributed by atoms with E-state index < -0.39 is 0 Å². The highest BCUT2D eigenvalue weighted by Crippen LogP contribution is 2.44. The molecule has 3 rings (SSSR count). The molecule has 1 N–H and O–H groups in total. The van der Waals surface area contributed by atoms with Crippen LogP contribution in [0.1, 0.15) is 34.3 Å². The van der Waals surface area contributed by atoms with Crippen molar-refractivity contribution in [2.45, 2.75) is 12.8 Å². The van der Waals surface area contributed by atoms with Crippen LogP contribution in [0.25, 0.3) is 21.6 Å². The molecule has 0 bridgehead atoms. The number of ether oxygens (including phenoxy) is 2. The number of rotatable bonds is 10. The Labute approximate surface area is 164 Å². The second-order valence-electron chi connectivity index (χ2n) is 6.55. The third-order valence-electron chi connectivity index (χ3n) is 4.80. The van der Waals surface area contributed by atoms with Gasteiger partial charge in [0.05, 0.1) is 26.4 Å². The third kappa shape index (κ3) is 4.70. The molecule has 146 valence electrons. The Morgan fingerprint density at radius 1 is 1.07 bits per heavy atom. The summed E-state index contributed by atoms with van der Waals surface area (Å²) in [6.45, 7) is 4.58. The molecular formula is C21H24N4O3. The smallest absolute Gasteiger partial charge is 0.251 e. The minimum atomic E-state index is -0.0971. The predicted molar refractivity (Wildman–Crippen MR) is 107 cm³/mol. The van der Waals surface area contributed by atoms with Crippen molar-refractivity contribution < 1.29 is 14.3 Å². The molecule has 0 heterocycles. The van der Waals surface area contributed by atoms with Gasteiger partial charge in [-0.3, -0.25) is 4.79 Å². The molecule has 0 saturated heterocycles. The minimum absolute atomic E-state index is 0.0971. The number of fused-ring (bicyclic) bond motifs is 3. The van der Waals surface area contributed by atoms with Crippen LogP contribution in [0.15, 0.2) is 47.6 Å². The Morgan fingerprint density at radius 2 is 1.82 bits per heavy atom. The molecule has 1 amide bonds. The Balaban J connectivity index is 1.42. The Kier molecular flexibility index (Phi) is 7.03. The van der Waals surface area contributed by atoms with E-state index in [1.807, 2.05) is 24.3 Å². The van der Waals surface area contributed by atoms with Gasteiger partial charge >= 0.3 is 0 Å². The molecule has 1 aliphatic carbocycles. The zero-order chi connectivity index (χ0) is 19.8. The van der Waals surface area contributed by atoms with Gasteiger partial charge in [0, 0.05) is 29.5 Å². The van der Waals surface area contributed by atoms with Gasteiger partial charge in [0.2, 0.25) is 0 Å². The zero-order valence-electron chi connectivity index (χ0n) is 15.9. The van der Waals surface area contributed by atoms with Gasteiger partial charge in [-0.25, -0.2) is 0 Å². The quantitative estimate of drug-likeness (QED) is 0.293. The molecule has 0 saturated carbocycles. The molecule has 0 aliphatic heterocycles. The molecular weight excluding hydrogens is 356 g/mol. The second kappa shape index (κ2) is 9.90. The Hall–Kier alpha value is -2.86. The normalized spacial score (nSPS) is 14.1. The average Bonchev–Trinajstić information content (AvgIpc) is 3.01. The highest BCUT2D eigenvalue weighted by Gasteiger charge is 2.25. The first-order valence-corrected chi connectivity index (χ1v) is 9.40. The van der Waals surface area contributed by atoms with E-state index >= 15 is 0 Å². The number of hydrogen-bond acceptors (Lipinski definition) is 4. The van der Waals surface area contributed by atoms with Crippen molar-refractivity contribution in [2.24, 2.45) is 5.11 Å². The third-order valence-corrected chi connectivity index (χ3v) is 4.80. The van der Waals surface area contributed by atoms with E-state index in [9.17, 15) is 4.79 Å². The summed E-state index contributed by atoms with van der Waals surface area (Å²) in [4.78, 5) is 15.1. The largest absolute Gasteiger partial charge is 0.379 e. The van der Waals surface area contributed by atoms with Crippen LogP contribution in [0.5, 0.6) is 0 Å². The fraction of sp³-hybridized carbons (Fsp3) is 0.381. The summed E-state index contributed by atoms with van der Waals surface area (Å²) < 4.78 is 10.7.